The molecule has 1 aliphatic heterocycles. The zero-order chi connectivity index (χ0) is 14.3. The predicted octanol–water partition coefficient (Wildman–Crippen LogP) is 3.06. The van der Waals surface area contributed by atoms with Crippen molar-refractivity contribution in [2.24, 2.45) is 5.92 Å². The van der Waals surface area contributed by atoms with Crippen molar-refractivity contribution in [3.05, 3.63) is 22.2 Å². The van der Waals surface area contributed by atoms with Crippen LogP contribution in [0.4, 0.5) is 11.4 Å². The Labute approximate surface area is 127 Å². The summed E-state index contributed by atoms with van der Waals surface area (Å²) in [6.45, 7) is 4.25. The molecule has 1 aromatic carbocycles. The topological polar surface area (TPSA) is 52.6 Å². The summed E-state index contributed by atoms with van der Waals surface area (Å²) in [5, 5.41) is 12.6. The minimum Gasteiger partial charge on any atom is -0.378 e. The van der Waals surface area contributed by atoms with Crippen molar-refractivity contribution in [2.75, 3.05) is 23.3 Å². The lowest BCUT2D eigenvalue weighted by Gasteiger charge is -2.26. The van der Waals surface area contributed by atoms with E-state index in [0.29, 0.717) is 5.56 Å². The summed E-state index contributed by atoms with van der Waals surface area (Å²) in [6, 6.07) is 3.84. The highest BCUT2D eigenvalue weighted by molar-refractivity contribution is 9.10. The van der Waals surface area contributed by atoms with Crippen molar-refractivity contribution in [3.63, 3.8) is 0 Å². The third kappa shape index (κ3) is 2.56. The van der Waals surface area contributed by atoms with Gasteiger partial charge in [0.25, 0.3) is 5.91 Å². The largest absolute Gasteiger partial charge is 0.378 e. The average molecular weight is 339 g/mol. The zero-order valence-corrected chi connectivity index (χ0v) is 13.1. The molecule has 5 heteroatoms. The molecule has 1 aliphatic carbocycles. The Kier molecular flexibility index (Phi) is 3.73. The third-order valence-electron chi connectivity index (χ3n) is 3.93. The quantitative estimate of drug-likeness (QED) is 0.867. The number of halogens is 1. The second-order valence-electron chi connectivity index (χ2n) is 5.67. The Morgan fingerprint density at radius 3 is 2.85 bits per heavy atom. The summed E-state index contributed by atoms with van der Waals surface area (Å²) in [5.41, 5.74) is 2.50. The first-order valence-electron chi connectivity index (χ1n) is 7.17. The molecule has 1 atom stereocenters. The van der Waals surface area contributed by atoms with Crippen molar-refractivity contribution in [2.45, 2.75) is 32.3 Å². The number of rotatable bonds is 5. The van der Waals surface area contributed by atoms with Crippen molar-refractivity contribution in [3.8, 4) is 0 Å². The van der Waals surface area contributed by atoms with Crippen LogP contribution in [0.1, 0.15) is 37.9 Å². The molecule has 1 fully saturated rings. The molecule has 1 heterocycles. The van der Waals surface area contributed by atoms with E-state index in [9.17, 15) is 9.90 Å². The van der Waals surface area contributed by atoms with Gasteiger partial charge in [0.05, 0.1) is 5.69 Å². The van der Waals surface area contributed by atoms with E-state index in [1.165, 1.54) is 12.8 Å². The normalized spacial score (nSPS) is 20.8. The number of aliphatic hydroxyl groups excluding tert-OH is 1. The molecule has 2 N–H and O–H groups in total. The molecule has 2 aliphatic rings. The summed E-state index contributed by atoms with van der Waals surface area (Å²) in [5.74, 6) is 0.468. The molecular formula is C15H19BrN2O2. The van der Waals surface area contributed by atoms with E-state index >= 15 is 0 Å². The number of aliphatic hydroxyl groups is 1. The van der Waals surface area contributed by atoms with Gasteiger partial charge in [0.2, 0.25) is 0 Å². The van der Waals surface area contributed by atoms with Crippen LogP contribution in [-0.4, -0.2) is 24.1 Å². The van der Waals surface area contributed by atoms with Gasteiger partial charge in [0.15, 0.2) is 6.10 Å². The molecule has 0 spiro atoms. The van der Waals surface area contributed by atoms with Crippen LogP contribution < -0.4 is 10.2 Å². The molecule has 1 saturated carbocycles. The van der Waals surface area contributed by atoms with E-state index in [4.69, 9.17) is 0 Å². The Hall–Kier alpha value is -1.07. The van der Waals surface area contributed by atoms with Gasteiger partial charge in [-0.05, 0) is 53.2 Å². The van der Waals surface area contributed by atoms with Crippen LogP contribution in [0.15, 0.2) is 16.6 Å². The molecule has 1 aromatic rings. The number of anilines is 2. The standard InChI is InChI=1S/C15H19BrN2O2/c1-2-5-18(8-9-3-4-9)13-7-12-10(6-11(13)16)14(19)15(20)17-12/h6-7,9,14,19H,2-5,8H2,1H3,(H,17,20). The van der Waals surface area contributed by atoms with Crippen LogP contribution in [0.3, 0.4) is 0 Å². The fourth-order valence-corrected chi connectivity index (χ4v) is 3.30. The minimum atomic E-state index is -1.04. The molecule has 1 unspecified atom stereocenters. The van der Waals surface area contributed by atoms with Gasteiger partial charge in [-0.15, -0.1) is 0 Å². The zero-order valence-electron chi connectivity index (χ0n) is 11.5. The maximum atomic E-state index is 11.5. The molecule has 108 valence electrons. The lowest BCUT2D eigenvalue weighted by molar-refractivity contribution is -0.123. The molecule has 20 heavy (non-hydrogen) atoms. The Morgan fingerprint density at radius 1 is 1.45 bits per heavy atom. The Morgan fingerprint density at radius 2 is 2.20 bits per heavy atom. The number of amides is 1. The number of benzene rings is 1. The number of nitrogens with zero attached hydrogens (tertiary/aromatic N) is 1. The highest BCUT2D eigenvalue weighted by atomic mass is 79.9. The SMILES string of the molecule is CCCN(CC1CC1)c1cc2c(cc1Br)C(O)C(=O)N2. The van der Waals surface area contributed by atoms with E-state index < -0.39 is 6.10 Å². The number of carbonyl (C=O) groups excluding carboxylic acids is 1. The van der Waals surface area contributed by atoms with Crippen molar-refractivity contribution in [1.29, 1.82) is 0 Å². The summed E-state index contributed by atoms with van der Waals surface area (Å²) < 4.78 is 0.945. The van der Waals surface area contributed by atoms with E-state index in [-0.39, 0.29) is 5.91 Å². The lowest BCUT2D eigenvalue weighted by atomic mass is 10.1. The van der Waals surface area contributed by atoms with Crippen LogP contribution in [0.5, 0.6) is 0 Å². The number of hydrogen-bond donors (Lipinski definition) is 2. The average Bonchev–Trinajstić information content (AvgIpc) is 3.18. The van der Waals surface area contributed by atoms with Gasteiger partial charge in [0, 0.05) is 28.8 Å². The minimum absolute atomic E-state index is 0.340. The molecular weight excluding hydrogens is 320 g/mol. The summed E-state index contributed by atoms with van der Waals surface area (Å²) in [6.07, 6.45) is 2.68. The third-order valence-corrected chi connectivity index (χ3v) is 4.56. The molecule has 1 amide bonds. The summed E-state index contributed by atoms with van der Waals surface area (Å²) in [7, 11) is 0. The summed E-state index contributed by atoms with van der Waals surface area (Å²) in [4.78, 5) is 13.9. The Balaban J connectivity index is 1.92. The fraction of sp³-hybridized carbons (Fsp3) is 0.533. The van der Waals surface area contributed by atoms with Gasteiger partial charge in [-0.1, -0.05) is 6.92 Å². The highest BCUT2D eigenvalue weighted by Crippen LogP contribution is 2.40. The summed E-state index contributed by atoms with van der Waals surface area (Å²) >= 11 is 3.59. The Bertz CT molecular complexity index is 543. The van der Waals surface area contributed by atoms with E-state index in [1.807, 2.05) is 12.1 Å². The van der Waals surface area contributed by atoms with Gasteiger partial charge >= 0.3 is 0 Å². The predicted molar refractivity (Wildman–Crippen MR) is 83.0 cm³/mol. The molecule has 4 nitrogen and oxygen atoms in total. The molecule has 0 bridgehead atoms. The van der Waals surface area contributed by atoms with Crippen LogP contribution in [0, 0.1) is 5.92 Å². The van der Waals surface area contributed by atoms with Gasteiger partial charge in [0.1, 0.15) is 0 Å². The first-order chi connectivity index (χ1) is 9.60. The van der Waals surface area contributed by atoms with E-state index in [0.717, 1.165) is 41.3 Å². The van der Waals surface area contributed by atoms with Crippen molar-refractivity contribution in [1.82, 2.24) is 0 Å². The maximum absolute atomic E-state index is 11.5. The maximum Gasteiger partial charge on any atom is 0.257 e. The van der Waals surface area contributed by atoms with Crippen LogP contribution >= 0.6 is 15.9 Å². The van der Waals surface area contributed by atoms with Crippen LogP contribution in [0.25, 0.3) is 0 Å². The van der Waals surface area contributed by atoms with Crippen molar-refractivity contribution < 1.29 is 9.90 Å². The van der Waals surface area contributed by atoms with Gasteiger partial charge in [-0.2, -0.15) is 0 Å². The number of nitrogens with one attached hydrogen (secondary N) is 1. The fourth-order valence-electron chi connectivity index (χ4n) is 2.69. The van der Waals surface area contributed by atoms with Gasteiger partial charge < -0.3 is 15.3 Å². The first-order valence-corrected chi connectivity index (χ1v) is 7.96. The second kappa shape index (κ2) is 5.37. The molecule has 0 saturated heterocycles. The number of fused-ring (bicyclic) bond motifs is 1. The molecule has 0 aromatic heterocycles. The van der Waals surface area contributed by atoms with Crippen molar-refractivity contribution >= 4 is 33.2 Å². The smallest absolute Gasteiger partial charge is 0.257 e. The van der Waals surface area contributed by atoms with Gasteiger partial charge in [-0.25, -0.2) is 0 Å². The van der Waals surface area contributed by atoms with Crippen LogP contribution in [0.2, 0.25) is 0 Å². The van der Waals surface area contributed by atoms with Crippen LogP contribution in [-0.2, 0) is 4.79 Å². The van der Waals surface area contributed by atoms with E-state index in [1.54, 1.807) is 0 Å². The monoisotopic (exact) mass is 338 g/mol. The van der Waals surface area contributed by atoms with Gasteiger partial charge in [-0.3, -0.25) is 4.79 Å². The lowest BCUT2D eigenvalue weighted by Crippen LogP contribution is -2.27. The van der Waals surface area contributed by atoms with E-state index in [2.05, 4.69) is 33.1 Å². The first kappa shape index (κ1) is 13.9. The second-order valence-corrected chi connectivity index (χ2v) is 6.53. The number of carbonyl (C=O) groups is 1. The molecule has 3 rings (SSSR count). The highest BCUT2D eigenvalue weighted by Gasteiger charge is 2.31. The number of hydrogen-bond acceptors (Lipinski definition) is 3. The molecule has 0 radical (unpaired) electrons.